The summed E-state index contributed by atoms with van der Waals surface area (Å²) in [6.45, 7) is 9.90. The van der Waals surface area contributed by atoms with Crippen LogP contribution in [0.3, 0.4) is 0 Å². The fourth-order valence-electron chi connectivity index (χ4n) is 2.36. The molecule has 1 aromatic carbocycles. The van der Waals surface area contributed by atoms with E-state index in [0.717, 1.165) is 19.4 Å². The van der Waals surface area contributed by atoms with E-state index < -0.39 is 0 Å². The fourth-order valence-corrected chi connectivity index (χ4v) is 2.36. The summed E-state index contributed by atoms with van der Waals surface area (Å²) in [5.74, 6) is 0. The maximum absolute atomic E-state index is 6.22. The molecule has 0 heterocycles. The quantitative estimate of drug-likeness (QED) is 0.887. The third-order valence-corrected chi connectivity index (χ3v) is 3.93. The Morgan fingerprint density at radius 2 is 1.89 bits per heavy atom. The average Bonchev–Trinajstić information content (AvgIpc) is 2.94. The van der Waals surface area contributed by atoms with Crippen LogP contribution in [0, 0.1) is 6.92 Å². The van der Waals surface area contributed by atoms with Crippen LogP contribution in [0.1, 0.15) is 44.7 Å². The number of rotatable bonds is 3. The molecule has 1 fully saturated rings. The highest BCUT2D eigenvalue weighted by molar-refractivity contribution is 5.56. The van der Waals surface area contributed by atoms with Gasteiger partial charge in [0, 0.05) is 24.8 Å². The molecule has 0 atom stereocenters. The molecule has 2 rings (SSSR count). The summed E-state index contributed by atoms with van der Waals surface area (Å²) in [6.07, 6.45) is 2.32. The van der Waals surface area contributed by atoms with Crippen molar-refractivity contribution in [1.82, 2.24) is 0 Å². The normalized spacial score (nSPS) is 17.7. The lowest BCUT2D eigenvalue weighted by Crippen LogP contribution is -2.37. The van der Waals surface area contributed by atoms with E-state index in [4.69, 9.17) is 5.73 Å². The molecule has 0 aromatic heterocycles. The van der Waals surface area contributed by atoms with Gasteiger partial charge in [-0.1, -0.05) is 32.9 Å². The van der Waals surface area contributed by atoms with Crippen LogP contribution in [0.15, 0.2) is 18.2 Å². The number of hydrogen-bond acceptors (Lipinski definition) is 2. The molecule has 0 radical (unpaired) electrons. The summed E-state index contributed by atoms with van der Waals surface area (Å²) in [4.78, 5) is 2.32. The first-order valence-electron chi connectivity index (χ1n) is 6.82. The highest BCUT2D eigenvalue weighted by Gasteiger charge is 2.39. The van der Waals surface area contributed by atoms with Gasteiger partial charge in [-0.05, 0) is 42.4 Å². The minimum Gasteiger partial charge on any atom is -0.373 e. The maximum Gasteiger partial charge on any atom is 0.0396 e. The number of likely N-dealkylation sites (N-methyl/N-ethyl adjacent to an activating group) is 1. The first-order valence-corrected chi connectivity index (χ1v) is 6.82. The summed E-state index contributed by atoms with van der Waals surface area (Å²) in [5, 5.41) is 0. The third-order valence-electron chi connectivity index (χ3n) is 3.93. The van der Waals surface area contributed by atoms with Crippen molar-refractivity contribution in [3.8, 4) is 0 Å². The summed E-state index contributed by atoms with van der Waals surface area (Å²) in [6, 6.07) is 6.78. The molecule has 1 saturated carbocycles. The molecule has 0 unspecified atom stereocenters. The van der Waals surface area contributed by atoms with Crippen LogP contribution in [0.4, 0.5) is 5.69 Å². The molecule has 0 saturated heterocycles. The van der Waals surface area contributed by atoms with Crippen LogP contribution >= 0.6 is 0 Å². The zero-order valence-corrected chi connectivity index (χ0v) is 12.4. The number of nitrogens with zero attached hydrogens (tertiary/aromatic N) is 1. The molecular weight excluding hydrogens is 220 g/mol. The molecule has 2 N–H and O–H groups in total. The van der Waals surface area contributed by atoms with Gasteiger partial charge in [0.15, 0.2) is 0 Å². The van der Waals surface area contributed by atoms with Gasteiger partial charge >= 0.3 is 0 Å². The number of anilines is 1. The van der Waals surface area contributed by atoms with E-state index in [1.54, 1.807) is 0 Å². The zero-order chi connectivity index (χ0) is 13.6. The van der Waals surface area contributed by atoms with Gasteiger partial charge in [-0.2, -0.15) is 0 Å². The first kappa shape index (κ1) is 13.4. The second-order valence-corrected chi connectivity index (χ2v) is 6.97. The number of aryl methyl sites for hydroxylation is 1. The lowest BCUT2D eigenvalue weighted by Gasteiger charge is -2.27. The number of nitrogens with two attached hydrogens (primary N) is 1. The molecule has 1 aromatic rings. The maximum atomic E-state index is 6.22. The Balaban J connectivity index is 2.25. The van der Waals surface area contributed by atoms with Crippen molar-refractivity contribution in [2.24, 2.45) is 5.73 Å². The van der Waals surface area contributed by atoms with Gasteiger partial charge in [0.25, 0.3) is 0 Å². The van der Waals surface area contributed by atoms with Crippen LogP contribution in [0.25, 0.3) is 0 Å². The second kappa shape index (κ2) is 4.27. The topological polar surface area (TPSA) is 29.3 Å². The zero-order valence-electron chi connectivity index (χ0n) is 12.4. The van der Waals surface area contributed by atoms with Gasteiger partial charge in [0.05, 0.1) is 0 Å². The standard InChI is InChI=1S/C16H26N2/c1-12-6-7-13(15(2,3)4)10-14(12)18(5)11-16(17)8-9-16/h6-7,10H,8-9,11,17H2,1-5H3. The van der Waals surface area contributed by atoms with Gasteiger partial charge in [0.1, 0.15) is 0 Å². The van der Waals surface area contributed by atoms with Crippen LogP contribution in [-0.2, 0) is 5.41 Å². The van der Waals surface area contributed by atoms with E-state index in [2.05, 4.69) is 57.8 Å². The fraction of sp³-hybridized carbons (Fsp3) is 0.625. The van der Waals surface area contributed by atoms with Crippen molar-refractivity contribution in [3.05, 3.63) is 29.3 Å². The van der Waals surface area contributed by atoms with Crippen LogP contribution in [0.2, 0.25) is 0 Å². The molecule has 100 valence electrons. The number of hydrogen-bond donors (Lipinski definition) is 1. The third kappa shape index (κ3) is 2.86. The molecule has 2 nitrogen and oxygen atoms in total. The summed E-state index contributed by atoms with van der Waals surface area (Å²) >= 11 is 0. The molecule has 1 aliphatic rings. The van der Waals surface area contributed by atoms with Gasteiger partial charge in [-0.25, -0.2) is 0 Å². The molecule has 2 heteroatoms. The smallest absolute Gasteiger partial charge is 0.0396 e. The van der Waals surface area contributed by atoms with E-state index in [9.17, 15) is 0 Å². The lowest BCUT2D eigenvalue weighted by molar-refractivity contribution is 0.589. The Morgan fingerprint density at radius 1 is 1.28 bits per heavy atom. The predicted octanol–water partition coefficient (Wildman–Crippen LogP) is 3.22. The van der Waals surface area contributed by atoms with Crippen LogP contribution in [0.5, 0.6) is 0 Å². The SMILES string of the molecule is Cc1ccc(C(C)(C)C)cc1N(C)CC1(N)CC1. The molecule has 0 bridgehead atoms. The van der Waals surface area contributed by atoms with Crippen molar-refractivity contribution in [1.29, 1.82) is 0 Å². The summed E-state index contributed by atoms with van der Waals surface area (Å²) in [7, 11) is 2.15. The lowest BCUT2D eigenvalue weighted by atomic mass is 9.86. The highest BCUT2D eigenvalue weighted by atomic mass is 15.1. The van der Waals surface area contributed by atoms with Crippen LogP contribution in [-0.4, -0.2) is 19.1 Å². The van der Waals surface area contributed by atoms with Crippen molar-refractivity contribution in [3.63, 3.8) is 0 Å². The van der Waals surface area contributed by atoms with Crippen LogP contribution < -0.4 is 10.6 Å². The molecule has 18 heavy (non-hydrogen) atoms. The van der Waals surface area contributed by atoms with Gasteiger partial charge in [-0.15, -0.1) is 0 Å². The average molecular weight is 246 g/mol. The molecule has 1 aliphatic carbocycles. The van der Waals surface area contributed by atoms with E-state index in [-0.39, 0.29) is 11.0 Å². The minimum absolute atomic E-state index is 0.0684. The van der Waals surface area contributed by atoms with E-state index in [0.29, 0.717) is 0 Å². The van der Waals surface area contributed by atoms with Crippen molar-refractivity contribution in [2.45, 2.75) is 51.5 Å². The monoisotopic (exact) mass is 246 g/mol. The van der Waals surface area contributed by atoms with Gasteiger partial charge in [0.2, 0.25) is 0 Å². The van der Waals surface area contributed by atoms with Gasteiger partial charge < -0.3 is 10.6 Å². The second-order valence-electron chi connectivity index (χ2n) is 6.97. The Bertz CT molecular complexity index is 439. The van der Waals surface area contributed by atoms with Crippen molar-refractivity contribution in [2.75, 3.05) is 18.5 Å². The highest BCUT2D eigenvalue weighted by Crippen LogP contribution is 2.35. The predicted molar refractivity (Wildman–Crippen MR) is 79.3 cm³/mol. The van der Waals surface area contributed by atoms with E-state index >= 15 is 0 Å². The Hall–Kier alpha value is -1.02. The molecule has 0 aliphatic heterocycles. The summed E-state index contributed by atoms with van der Waals surface area (Å²) in [5.41, 5.74) is 10.5. The molecular formula is C16H26N2. The Labute approximate surface area is 111 Å². The molecule has 0 amide bonds. The molecule has 0 spiro atoms. The summed E-state index contributed by atoms with van der Waals surface area (Å²) < 4.78 is 0. The van der Waals surface area contributed by atoms with Gasteiger partial charge in [-0.3, -0.25) is 0 Å². The van der Waals surface area contributed by atoms with Crippen molar-refractivity contribution < 1.29 is 0 Å². The first-order chi connectivity index (χ1) is 8.21. The van der Waals surface area contributed by atoms with Crippen molar-refractivity contribution >= 4 is 5.69 Å². The largest absolute Gasteiger partial charge is 0.373 e. The van der Waals surface area contributed by atoms with E-state index in [1.807, 2.05) is 0 Å². The number of benzene rings is 1. The Morgan fingerprint density at radius 3 is 2.39 bits per heavy atom. The Kier molecular flexibility index (Phi) is 3.18. The van der Waals surface area contributed by atoms with E-state index in [1.165, 1.54) is 16.8 Å². The minimum atomic E-state index is 0.0684.